The molecule has 20 heavy (non-hydrogen) atoms. The molecule has 0 aliphatic heterocycles. The number of pyridine rings is 1. The molecule has 0 aliphatic carbocycles. The van der Waals surface area contributed by atoms with Gasteiger partial charge in [-0.15, -0.1) is 0 Å². The van der Waals surface area contributed by atoms with E-state index in [-0.39, 0.29) is 18.3 Å². The molecule has 2 aromatic rings. The Bertz CT molecular complexity index is 601. The molecule has 0 fully saturated rings. The van der Waals surface area contributed by atoms with E-state index in [1.54, 1.807) is 36.4 Å². The van der Waals surface area contributed by atoms with Crippen LogP contribution >= 0.6 is 0 Å². The third-order valence-corrected chi connectivity index (χ3v) is 2.74. The Kier molecular flexibility index (Phi) is 4.65. The van der Waals surface area contributed by atoms with Crippen molar-refractivity contribution in [3.8, 4) is 0 Å². The van der Waals surface area contributed by atoms with E-state index < -0.39 is 0 Å². The highest BCUT2D eigenvalue weighted by Gasteiger charge is 2.08. The van der Waals surface area contributed by atoms with Crippen molar-refractivity contribution in [3.05, 3.63) is 59.5 Å². The second-order valence-electron chi connectivity index (χ2n) is 4.21. The van der Waals surface area contributed by atoms with Crippen molar-refractivity contribution in [1.29, 1.82) is 0 Å². The summed E-state index contributed by atoms with van der Waals surface area (Å²) in [4.78, 5) is 16.1. The number of hydrogen-bond acceptors (Lipinski definition) is 3. The fourth-order valence-corrected chi connectivity index (χ4v) is 1.75. The number of amides is 1. The van der Waals surface area contributed by atoms with Gasteiger partial charge in [0.05, 0.1) is 0 Å². The van der Waals surface area contributed by atoms with Gasteiger partial charge >= 0.3 is 0 Å². The van der Waals surface area contributed by atoms with Gasteiger partial charge in [0.1, 0.15) is 17.3 Å². The number of aromatic nitrogens is 1. The van der Waals surface area contributed by atoms with E-state index in [1.165, 1.54) is 6.07 Å². The first-order valence-electron chi connectivity index (χ1n) is 6.43. The molecular weight excluding hydrogens is 257 g/mol. The van der Waals surface area contributed by atoms with Crippen LogP contribution in [0.5, 0.6) is 0 Å². The van der Waals surface area contributed by atoms with Crippen LogP contribution in [-0.2, 0) is 6.54 Å². The van der Waals surface area contributed by atoms with Gasteiger partial charge in [-0.05, 0) is 25.1 Å². The maximum atomic E-state index is 13.4. The topological polar surface area (TPSA) is 54.0 Å². The molecule has 0 aliphatic rings. The number of carbonyl (C=O) groups excluding carboxylic acids is 1. The summed E-state index contributed by atoms with van der Waals surface area (Å²) in [6, 6.07) is 11.5. The van der Waals surface area contributed by atoms with Gasteiger partial charge in [-0.25, -0.2) is 9.37 Å². The number of nitrogens with one attached hydrogen (secondary N) is 2. The van der Waals surface area contributed by atoms with Gasteiger partial charge in [0, 0.05) is 18.7 Å². The molecule has 4 nitrogen and oxygen atoms in total. The first-order valence-corrected chi connectivity index (χ1v) is 6.43. The molecule has 2 N–H and O–H groups in total. The molecule has 1 heterocycles. The number of halogens is 1. The lowest BCUT2D eigenvalue weighted by Gasteiger charge is -2.07. The summed E-state index contributed by atoms with van der Waals surface area (Å²) < 4.78 is 13.4. The van der Waals surface area contributed by atoms with Crippen LogP contribution in [0.2, 0.25) is 0 Å². The SMILES string of the molecule is CCNc1cccc(C(=O)NCc2ccccc2F)n1. The minimum atomic E-state index is -0.331. The molecule has 2 rings (SSSR count). The molecule has 0 saturated heterocycles. The monoisotopic (exact) mass is 273 g/mol. The van der Waals surface area contributed by atoms with E-state index in [2.05, 4.69) is 15.6 Å². The van der Waals surface area contributed by atoms with E-state index in [4.69, 9.17) is 0 Å². The van der Waals surface area contributed by atoms with Crippen molar-refractivity contribution < 1.29 is 9.18 Å². The van der Waals surface area contributed by atoms with E-state index in [0.29, 0.717) is 17.1 Å². The van der Waals surface area contributed by atoms with Crippen molar-refractivity contribution in [2.45, 2.75) is 13.5 Å². The van der Waals surface area contributed by atoms with Gasteiger partial charge in [-0.3, -0.25) is 4.79 Å². The molecular formula is C15H16FN3O. The van der Waals surface area contributed by atoms with Crippen molar-refractivity contribution in [2.75, 3.05) is 11.9 Å². The van der Waals surface area contributed by atoms with Gasteiger partial charge in [0.15, 0.2) is 0 Å². The van der Waals surface area contributed by atoms with Crippen LogP contribution in [0, 0.1) is 5.82 Å². The zero-order valence-electron chi connectivity index (χ0n) is 11.2. The summed E-state index contributed by atoms with van der Waals surface area (Å²) >= 11 is 0. The van der Waals surface area contributed by atoms with Gasteiger partial charge in [-0.1, -0.05) is 24.3 Å². The second-order valence-corrected chi connectivity index (χ2v) is 4.21. The Morgan fingerprint density at radius 2 is 2.00 bits per heavy atom. The number of benzene rings is 1. The van der Waals surface area contributed by atoms with Gasteiger partial charge in [-0.2, -0.15) is 0 Å². The summed E-state index contributed by atoms with van der Waals surface area (Å²) in [5, 5.41) is 5.69. The van der Waals surface area contributed by atoms with Crippen LogP contribution in [0.25, 0.3) is 0 Å². The highest BCUT2D eigenvalue weighted by Crippen LogP contribution is 2.07. The van der Waals surface area contributed by atoms with Crippen LogP contribution in [0.15, 0.2) is 42.5 Å². The number of carbonyl (C=O) groups is 1. The molecule has 5 heteroatoms. The summed E-state index contributed by atoms with van der Waals surface area (Å²) in [7, 11) is 0. The fraction of sp³-hybridized carbons (Fsp3) is 0.200. The highest BCUT2D eigenvalue weighted by molar-refractivity contribution is 5.92. The molecule has 0 radical (unpaired) electrons. The number of rotatable bonds is 5. The van der Waals surface area contributed by atoms with Crippen LogP contribution in [0.3, 0.4) is 0 Å². The highest BCUT2D eigenvalue weighted by atomic mass is 19.1. The quantitative estimate of drug-likeness (QED) is 0.880. The maximum Gasteiger partial charge on any atom is 0.270 e. The van der Waals surface area contributed by atoms with Crippen LogP contribution in [0.1, 0.15) is 23.0 Å². The molecule has 1 aromatic heterocycles. The number of nitrogens with zero attached hydrogens (tertiary/aromatic N) is 1. The van der Waals surface area contributed by atoms with Crippen molar-refractivity contribution in [1.82, 2.24) is 10.3 Å². The van der Waals surface area contributed by atoms with E-state index in [1.807, 2.05) is 6.92 Å². The van der Waals surface area contributed by atoms with Gasteiger partial charge in [0.25, 0.3) is 5.91 Å². The van der Waals surface area contributed by atoms with Crippen molar-refractivity contribution in [3.63, 3.8) is 0 Å². The lowest BCUT2D eigenvalue weighted by atomic mass is 10.2. The Balaban J connectivity index is 2.01. The molecule has 0 atom stereocenters. The van der Waals surface area contributed by atoms with Gasteiger partial charge < -0.3 is 10.6 Å². The number of anilines is 1. The minimum absolute atomic E-state index is 0.138. The zero-order valence-corrected chi connectivity index (χ0v) is 11.2. The Morgan fingerprint density at radius 3 is 2.75 bits per heavy atom. The average molecular weight is 273 g/mol. The first-order chi connectivity index (χ1) is 9.70. The molecule has 0 spiro atoms. The normalized spacial score (nSPS) is 10.1. The summed E-state index contributed by atoms with van der Waals surface area (Å²) in [6.07, 6.45) is 0. The van der Waals surface area contributed by atoms with E-state index in [0.717, 1.165) is 6.54 Å². The standard InChI is InChI=1S/C15H16FN3O/c1-2-17-14-9-5-8-13(19-14)15(20)18-10-11-6-3-4-7-12(11)16/h3-9H,2,10H2,1H3,(H,17,19)(H,18,20). The average Bonchev–Trinajstić information content (AvgIpc) is 2.47. The second kappa shape index (κ2) is 6.65. The Labute approximate surface area is 117 Å². The van der Waals surface area contributed by atoms with Crippen molar-refractivity contribution in [2.24, 2.45) is 0 Å². The smallest absolute Gasteiger partial charge is 0.270 e. The third kappa shape index (κ3) is 3.54. The first kappa shape index (κ1) is 14.0. The summed E-state index contributed by atoms with van der Waals surface area (Å²) in [5.74, 6) is -0.0128. The predicted octanol–water partition coefficient (Wildman–Crippen LogP) is 2.58. The zero-order chi connectivity index (χ0) is 14.4. The number of hydrogen-bond donors (Lipinski definition) is 2. The van der Waals surface area contributed by atoms with Crippen molar-refractivity contribution >= 4 is 11.7 Å². The molecule has 104 valence electrons. The molecule has 1 amide bonds. The minimum Gasteiger partial charge on any atom is -0.370 e. The predicted molar refractivity (Wildman–Crippen MR) is 76.0 cm³/mol. The fourth-order valence-electron chi connectivity index (χ4n) is 1.75. The summed E-state index contributed by atoms with van der Waals surface area (Å²) in [6.45, 7) is 2.82. The van der Waals surface area contributed by atoms with E-state index >= 15 is 0 Å². The largest absolute Gasteiger partial charge is 0.370 e. The van der Waals surface area contributed by atoms with Crippen LogP contribution < -0.4 is 10.6 Å². The molecule has 0 unspecified atom stereocenters. The lowest BCUT2D eigenvalue weighted by Crippen LogP contribution is -2.24. The molecule has 0 bridgehead atoms. The maximum absolute atomic E-state index is 13.4. The Morgan fingerprint density at radius 1 is 1.20 bits per heavy atom. The van der Waals surface area contributed by atoms with Crippen LogP contribution in [-0.4, -0.2) is 17.4 Å². The Hall–Kier alpha value is -2.43. The van der Waals surface area contributed by atoms with Crippen LogP contribution in [0.4, 0.5) is 10.2 Å². The molecule has 0 saturated carbocycles. The lowest BCUT2D eigenvalue weighted by molar-refractivity contribution is 0.0945. The van der Waals surface area contributed by atoms with E-state index in [9.17, 15) is 9.18 Å². The van der Waals surface area contributed by atoms with Gasteiger partial charge in [0.2, 0.25) is 0 Å². The third-order valence-electron chi connectivity index (χ3n) is 2.74. The molecule has 1 aromatic carbocycles. The summed E-state index contributed by atoms with van der Waals surface area (Å²) in [5.41, 5.74) is 0.753.